The van der Waals surface area contributed by atoms with E-state index in [1.165, 1.54) is 0 Å². The van der Waals surface area contributed by atoms with Crippen molar-refractivity contribution < 1.29 is 87.2 Å². The van der Waals surface area contributed by atoms with Crippen LogP contribution in [0, 0.1) is 24.2 Å². The number of carbonyl (C=O) groups excluding carboxylic acids is 13. The van der Waals surface area contributed by atoms with Gasteiger partial charge in [0.25, 0.3) is 0 Å². The number of aliphatic carboxylic acids is 2. The van der Waals surface area contributed by atoms with Crippen LogP contribution in [0.1, 0.15) is 160 Å². The fraction of sp³-hybridized carbons (Fsp3) is 0.544. The van der Waals surface area contributed by atoms with Gasteiger partial charge in [-0.25, -0.2) is 4.79 Å². The van der Waals surface area contributed by atoms with Crippen molar-refractivity contribution in [2.24, 2.45) is 45.5 Å². The smallest absolute Gasteiger partial charge is 0.326 e. The van der Waals surface area contributed by atoms with Crippen molar-refractivity contribution in [1.82, 2.24) is 63.8 Å². The molecule has 0 spiro atoms. The van der Waals surface area contributed by atoms with Crippen LogP contribution in [0.25, 0.3) is 0 Å². The van der Waals surface area contributed by atoms with Crippen LogP contribution in [0.15, 0.2) is 96.0 Å². The molecule has 3 aromatic rings. The summed E-state index contributed by atoms with van der Waals surface area (Å²) in [5.74, 6) is -13.9. The zero-order valence-electron chi connectivity index (χ0n) is 66.1. The number of rotatable bonds is 56. The first-order valence-electron chi connectivity index (χ1n) is 38.8. The number of aliphatic hydroxyl groups is 1. The third-order valence-electron chi connectivity index (χ3n) is 18.5. The molecule has 0 aliphatic heterocycles. The molecule has 1 unspecified atom stereocenters. The minimum absolute atomic E-state index is 0.0149. The average Bonchev–Trinajstić information content (AvgIpc) is 0.840. The molecule has 13 atom stereocenters. The minimum atomic E-state index is -1.87. The van der Waals surface area contributed by atoms with E-state index in [4.69, 9.17) is 35.1 Å². The number of terminal acetylenes is 1. The summed E-state index contributed by atoms with van der Waals surface area (Å²) in [4.78, 5) is 212. The summed E-state index contributed by atoms with van der Waals surface area (Å²) in [6.45, 7) is 7.67. The van der Waals surface area contributed by atoms with Crippen LogP contribution in [-0.4, -0.2) is 209 Å². The average molecular weight is 1610 g/mol. The van der Waals surface area contributed by atoms with Crippen LogP contribution in [0.2, 0.25) is 0 Å². The lowest BCUT2D eigenvalue weighted by Crippen LogP contribution is -2.62. The molecule has 0 heterocycles. The highest BCUT2D eigenvalue weighted by Crippen LogP contribution is 2.16. The number of carboxylic acid groups (broad SMARTS) is 2. The second-order valence-electron chi connectivity index (χ2n) is 28.4. The fourth-order valence-corrected chi connectivity index (χ4v) is 12.0. The van der Waals surface area contributed by atoms with Gasteiger partial charge in [-0.2, -0.15) is 0 Å². The van der Waals surface area contributed by atoms with E-state index in [9.17, 15) is 87.2 Å². The van der Waals surface area contributed by atoms with Crippen molar-refractivity contribution in [1.29, 1.82) is 0 Å². The van der Waals surface area contributed by atoms with Gasteiger partial charge in [0, 0.05) is 45.1 Å². The normalized spacial score (nSPS) is 14.4. The highest BCUT2D eigenvalue weighted by molar-refractivity contribution is 6.01. The van der Waals surface area contributed by atoms with Crippen molar-refractivity contribution in [2.45, 2.75) is 236 Å². The van der Waals surface area contributed by atoms with Gasteiger partial charge >= 0.3 is 11.9 Å². The molecular formula is C79H118N18O18. The number of guanidine groups is 1. The van der Waals surface area contributed by atoms with Crippen LogP contribution >= 0.6 is 0 Å². The van der Waals surface area contributed by atoms with E-state index in [1.54, 1.807) is 126 Å². The van der Waals surface area contributed by atoms with E-state index in [2.05, 4.69) is 74.7 Å². The number of nitrogens with zero attached hydrogens (tertiary/aromatic N) is 1. The number of aliphatic hydroxyl groups excluding tert-OH is 1. The van der Waals surface area contributed by atoms with Gasteiger partial charge in [0.2, 0.25) is 76.8 Å². The molecule has 3 rings (SSSR count). The Bertz CT molecular complexity index is 3730. The number of nitrogens with two attached hydrogens (primary N) is 5. The molecule has 0 aliphatic rings. The zero-order valence-corrected chi connectivity index (χ0v) is 66.1. The van der Waals surface area contributed by atoms with Crippen molar-refractivity contribution in [2.75, 3.05) is 26.2 Å². The van der Waals surface area contributed by atoms with Gasteiger partial charge < -0.3 is 108 Å². The summed E-state index contributed by atoms with van der Waals surface area (Å²) < 4.78 is 0. The molecule has 115 heavy (non-hydrogen) atoms. The first kappa shape index (κ1) is 97.6. The van der Waals surface area contributed by atoms with Crippen LogP contribution < -0.4 is 92.5 Å². The SMILES string of the molecule is C#CCCC(=O)N[C@@H](Cc1ccccc1)C(=O)N[C@@H](Cc1ccccc1)C(=O)N[C@@H](CCCN=C(N)N)C(=O)N[C@@H](CCCCN)C(=O)N[C@@H](CO)C(=O)NC(CCC)C(=O)N[C@H](C(=O)N[C@@H](CC(N)=O)C(=O)N[C@@H](Cc1ccccc1)C(=O)N[C@@H](CCC(=O)O)C(=O)N[C@@H](CCCCN)C(=O)N[C@@H](CC(C)C)C(=O)O)[C@@H](C)CC. The maximum Gasteiger partial charge on any atom is 0.326 e. The molecular weight excluding hydrogens is 1490 g/mol. The summed E-state index contributed by atoms with van der Waals surface area (Å²) in [6, 6.07) is 7.19. The molecule has 25 N–H and O–H groups in total. The van der Waals surface area contributed by atoms with Gasteiger partial charge in [-0.3, -0.25) is 72.1 Å². The molecule has 0 bridgehead atoms. The zero-order chi connectivity index (χ0) is 85.5. The highest BCUT2D eigenvalue weighted by Gasteiger charge is 2.39. The number of unbranched alkanes of at least 4 members (excludes halogenated alkanes) is 2. The van der Waals surface area contributed by atoms with Gasteiger partial charge in [-0.15, -0.1) is 12.3 Å². The number of carboxylic acids is 2. The summed E-state index contributed by atoms with van der Waals surface area (Å²) in [5, 5.41) is 61.2. The van der Waals surface area contributed by atoms with E-state index < -0.39 is 193 Å². The fourth-order valence-electron chi connectivity index (χ4n) is 12.0. The minimum Gasteiger partial charge on any atom is -0.481 e. The number of amides is 13. The third-order valence-corrected chi connectivity index (χ3v) is 18.5. The molecule has 0 saturated carbocycles. The number of primary amides is 1. The third kappa shape index (κ3) is 37.7. The topological polar surface area (TPSA) is 604 Å². The standard InChI is InChI=1S/C79H118N18O18/c1-7-10-35-64(100)86-57(42-49-26-14-11-15-27-49)72(108)92-58(43-50-28-16-12-17-29-50)73(109)90-55(34-24-40-85-79(83)84)67(103)88-54(33-21-23-39-81)69(105)96-62(46-98)76(112)87-52(25-8-2)71(107)97-66(48(6)9-3)77(113)94-60(45-63(82)99)75(111)93-59(44-51-30-18-13-19-31-51)74(110)91-56(36-37-65(101)102)70(106)89-53(32-20-22-38-80)68(104)95-61(78(114)115)41-47(4)5/h1,11-19,26-31,47-48,52-62,66,98H,8-10,20-25,32-46,80-81H2,2-6H3,(H2,82,99)(H,86,100)(H,87,112)(H,88,103)(H,89,106)(H,90,109)(H,91,110)(H,92,108)(H,93,111)(H,94,113)(H,95,104)(H,96,105)(H,97,107)(H,101,102)(H,114,115)(H4,83,84,85)/t48-,52?,53-,54-,55-,56-,57-,58-,59-,60-,61-,62-,66-/m0/s1. The molecule has 0 aromatic heterocycles. The number of hydrogen-bond donors (Lipinski definition) is 20. The van der Waals surface area contributed by atoms with Crippen LogP contribution in [0.4, 0.5) is 0 Å². The molecule has 36 heteroatoms. The largest absolute Gasteiger partial charge is 0.481 e. The Hall–Kier alpha value is -11.6. The van der Waals surface area contributed by atoms with E-state index in [-0.39, 0.29) is 128 Å². The summed E-state index contributed by atoms with van der Waals surface area (Å²) in [6.07, 6.45) is 4.30. The second-order valence-corrected chi connectivity index (χ2v) is 28.4. The van der Waals surface area contributed by atoms with Gasteiger partial charge in [0.05, 0.1) is 13.0 Å². The van der Waals surface area contributed by atoms with E-state index in [0.717, 1.165) is 0 Å². The second kappa shape index (κ2) is 53.4. The number of benzene rings is 3. The summed E-state index contributed by atoms with van der Waals surface area (Å²) in [7, 11) is 0. The van der Waals surface area contributed by atoms with Crippen LogP contribution in [0.3, 0.4) is 0 Å². The predicted molar refractivity (Wildman–Crippen MR) is 427 cm³/mol. The molecule has 0 radical (unpaired) electrons. The van der Waals surface area contributed by atoms with Gasteiger partial charge in [0.15, 0.2) is 5.96 Å². The molecule has 13 amide bonds. The number of aliphatic imine (C=N–C) groups is 1. The van der Waals surface area contributed by atoms with Gasteiger partial charge in [-0.1, -0.05) is 138 Å². The summed E-state index contributed by atoms with van der Waals surface area (Å²) in [5.41, 5.74) is 30.1. The molecule has 632 valence electrons. The maximum absolute atomic E-state index is 14.7. The maximum atomic E-state index is 14.7. The van der Waals surface area contributed by atoms with Crippen molar-refractivity contribution in [3.63, 3.8) is 0 Å². The Morgan fingerprint density at radius 1 is 0.426 bits per heavy atom. The van der Waals surface area contributed by atoms with Crippen LogP contribution in [-0.2, 0) is 91.2 Å². The van der Waals surface area contributed by atoms with Crippen molar-refractivity contribution in [3.8, 4) is 12.3 Å². The van der Waals surface area contributed by atoms with E-state index >= 15 is 0 Å². The number of hydrogen-bond acceptors (Lipinski definition) is 19. The Morgan fingerprint density at radius 2 is 0.783 bits per heavy atom. The lowest BCUT2D eigenvalue weighted by atomic mass is 9.96. The number of carbonyl (C=O) groups is 15. The first-order valence-corrected chi connectivity index (χ1v) is 38.8. The van der Waals surface area contributed by atoms with Gasteiger partial charge in [-0.05, 0) is 112 Å². The summed E-state index contributed by atoms with van der Waals surface area (Å²) >= 11 is 0. The van der Waals surface area contributed by atoms with E-state index in [1.807, 2.05) is 0 Å². The Morgan fingerprint density at radius 3 is 1.16 bits per heavy atom. The quantitative estimate of drug-likeness (QED) is 0.0125. The Kier molecular flexibility index (Phi) is 45.4. The Labute approximate surface area is 670 Å². The molecule has 0 aliphatic carbocycles. The lowest BCUT2D eigenvalue weighted by molar-refractivity contribution is -0.143. The monoisotopic (exact) mass is 1610 g/mol. The lowest BCUT2D eigenvalue weighted by Gasteiger charge is -2.29. The van der Waals surface area contributed by atoms with Crippen molar-refractivity contribution in [3.05, 3.63) is 108 Å². The highest BCUT2D eigenvalue weighted by atomic mass is 16.4. The molecule has 0 saturated heterocycles. The van der Waals surface area contributed by atoms with Gasteiger partial charge in [0.1, 0.15) is 72.5 Å². The van der Waals surface area contributed by atoms with Crippen LogP contribution in [0.5, 0.6) is 0 Å². The number of nitrogens with one attached hydrogen (secondary N) is 12. The van der Waals surface area contributed by atoms with Crippen molar-refractivity contribution >= 4 is 94.7 Å². The molecule has 3 aromatic carbocycles. The molecule has 36 nitrogen and oxygen atoms in total. The molecule has 0 fully saturated rings. The Balaban J connectivity index is 1.96. The van der Waals surface area contributed by atoms with E-state index in [0.29, 0.717) is 29.5 Å². The predicted octanol–water partition coefficient (Wildman–Crippen LogP) is -2.03. The first-order chi connectivity index (χ1) is 54.8.